The fourth-order valence-corrected chi connectivity index (χ4v) is 5.55. The molecule has 2 heterocycles. The van der Waals surface area contributed by atoms with Gasteiger partial charge in [-0.1, -0.05) is 31.1 Å². The molecule has 1 saturated carbocycles. The molecule has 7 heteroatoms. The second kappa shape index (κ2) is 10.0. The number of hydrogen-bond acceptors (Lipinski definition) is 5. The summed E-state index contributed by atoms with van der Waals surface area (Å²) in [4.78, 5) is 28.8. The molecule has 2 atom stereocenters. The fourth-order valence-electron chi connectivity index (χ4n) is 4.71. The number of rotatable bonds is 6. The van der Waals surface area contributed by atoms with Crippen molar-refractivity contribution in [2.45, 2.75) is 104 Å². The quantitative estimate of drug-likeness (QED) is 0.518. The molecule has 1 aromatic heterocycles. The van der Waals surface area contributed by atoms with Crippen molar-refractivity contribution in [2.24, 2.45) is 11.3 Å². The Morgan fingerprint density at radius 3 is 2.44 bits per heavy atom. The number of ether oxygens (including phenoxy) is 1. The largest absolute Gasteiger partial charge is 0.477 e. The van der Waals surface area contributed by atoms with Gasteiger partial charge in [-0.25, -0.2) is 4.79 Å². The first-order valence-electron chi connectivity index (χ1n) is 12.3. The molecule has 6 nitrogen and oxygen atoms in total. The highest BCUT2D eigenvalue weighted by molar-refractivity contribution is 7.15. The zero-order valence-electron chi connectivity index (χ0n) is 21.4. The minimum atomic E-state index is -1.12. The number of aromatic carboxylic acids is 1. The van der Waals surface area contributed by atoms with Crippen LogP contribution < -0.4 is 4.90 Å². The predicted molar refractivity (Wildman–Crippen MR) is 135 cm³/mol. The Hall–Kier alpha value is -1.88. The number of carboxylic acid groups (broad SMARTS) is 1. The zero-order chi connectivity index (χ0) is 25.3. The van der Waals surface area contributed by atoms with E-state index in [4.69, 9.17) is 4.74 Å². The molecule has 2 aliphatic rings. The Morgan fingerprint density at radius 1 is 1.24 bits per heavy atom. The van der Waals surface area contributed by atoms with E-state index in [1.165, 1.54) is 6.42 Å². The maximum Gasteiger partial charge on any atom is 0.348 e. The lowest BCUT2D eigenvalue weighted by molar-refractivity contribution is -0.155. The van der Waals surface area contributed by atoms with Crippen LogP contribution in [0.1, 0.15) is 101 Å². The molecule has 1 aromatic rings. The van der Waals surface area contributed by atoms with Gasteiger partial charge >= 0.3 is 5.97 Å². The molecule has 1 amide bonds. The van der Waals surface area contributed by atoms with Gasteiger partial charge in [0.15, 0.2) is 0 Å². The standard InChI is InChI=1S/C27H39NO5S/c1-25(2,3)13-12-19-16-20(22(34-19)23(29)30)28-21(18-10-8-7-9-11-18)17-33-27(6,24(28)31)15-14-26(4,5)32/h16,18,21,32H,7-11,14-15,17H2,1-6H3,(H,29,30)/t21-,27+/m0/s1. The normalized spacial score (nSPS) is 24.6. The molecule has 1 aliphatic heterocycles. The second-order valence-corrected chi connectivity index (χ2v) is 12.7. The van der Waals surface area contributed by atoms with Crippen molar-refractivity contribution in [1.82, 2.24) is 0 Å². The van der Waals surface area contributed by atoms with Gasteiger partial charge in [-0.2, -0.15) is 0 Å². The van der Waals surface area contributed by atoms with E-state index in [2.05, 4.69) is 11.8 Å². The van der Waals surface area contributed by atoms with E-state index in [1.54, 1.807) is 31.7 Å². The summed E-state index contributed by atoms with van der Waals surface area (Å²) in [6.45, 7) is 11.6. The number of thiophene rings is 1. The third-order valence-electron chi connectivity index (χ3n) is 6.71. The van der Waals surface area contributed by atoms with Gasteiger partial charge in [0.1, 0.15) is 10.5 Å². The van der Waals surface area contributed by atoms with Crippen LogP contribution >= 0.6 is 11.3 Å². The number of aliphatic hydroxyl groups is 1. The predicted octanol–water partition coefficient (Wildman–Crippen LogP) is 5.47. The maximum atomic E-state index is 14.0. The van der Waals surface area contributed by atoms with E-state index >= 15 is 0 Å². The molecule has 3 rings (SSSR count). The highest BCUT2D eigenvalue weighted by Gasteiger charge is 2.49. The van der Waals surface area contributed by atoms with E-state index in [-0.39, 0.29) is 28.2 Å². The third-order valence-corrected chi connectivity index (χ3v) is 7.74. The Bertz CT molecular complexity index is 968. The van der Waals surface area contributed by atoms with Crippen LogP contribution in [-0.2, 0) is 9.53 Å². The Labute approximate surface area is 207 Å². The number of hydrogen-bond donors (Lipinski definition) is 2. The summed E-state index contributed by atoms with van der Waals surface area (Å²) < 4.78 is 6.22. The number of carbonyl (C=O) groups is 2. The van der Waals surface area contributed by atoms with E-state index in [0.717, 1.165) is 37.0 Å². The van der Waals surface area contributed by atoms with Crippen molar-refractivity contribution in [3.63, 3.8) is 0 Å². The lowest BCUT2D eigenvalue weighted by atomic mass is 9.81. The summed E-state index contributed by atoms with van der Waals surface area (Å²) in [6.07, 6.45) is 6.16. The maximum absolute atomic E-state index is 14.0. The molecular weight excluding hydrogens is 450 g/mol. The summed E-state index contributed by atoms with van der Waals surface area (Å²) in [5.74, 6) is 5.27. The first-order valence-corrected chi connectivity index (χ1v) is 13.1. The summed E-state index contributed by atoms with van der Waals surface area (Å²) >= 11 is 1.12. The minimum Gasteiger partial charge on any atom is -0.477 e. The molecule has 1 aliphatic carbocycles. The number of carboxylic acids is 1. The molecule has 0 unspecified atom stereocenters. The minimum absolute atomic E-state index is 0.138. The van der Waals surface area contributed by atoms with E-state index in [9.17, 15) is 19.8 Å². The van der Waals surface area contributed by atoms with Crippen LogP contribution in [0.5, 0.6) is 0 Å². The van der Waals surface area contributed by atoms with Crippen molar-refractivity contribution in [3.05, 3.63) is 15.8 Å². The first-order chi connectivity index (χ1) is 15.7. The summed E-state index contributed by atoms with van der Waals surface area (Å²) in [7, 11) is 0. The first kappa shape index (κ1) is 26.7. The molecule has 0 radical (unpaired) electrons. The number of anilines is 1. The van der Waals surface area contributed by atoms with Gasteiger partial charge in [0.2, 0.25) is 0 Å². The number of nitrogens with zero attached hydrogens (tertiary/aromatic N) is 1. The Kier molecular flexibility index (Phi) is 7.86. The SMILES string of the molecule is CC(C)(C)C#Cc1cc(N2C(=O)[C@@](C)(CCC(C)(C)O)OC[C@H]2C2CCCCC2)c(C(=O)O)s1. The van der Waals surface area contributed by atoms with Crippen LogP contribution in [0.25, 0.3) is 0 Å². The van der Waals surface area contributed by atoms with Crippen LogP contribution in [-0.4, -0.2) is 45.9 Å². The summed E-state index contributed by atoms with van der Waals surface area (Å²) in [5, 5.41) is 20.3. The average molecular weight is 490 g/mol. The lowest BCUT2D eigenvalue weighted by Crippen LogP contribution is -2.62. The third kappa shape index (κ3) is 6.41. The Balaban J connectivity index is 2.06. The van der Waals surface area contributed by atoms with E-state index in [1.807, 2.05) is 20.8 Å². The molecule has 0 spiro atoms. The van der Waals surface area contributed by atoms with Crippen LogP contribution in [0, 0.1) is 23.2 Å². The second-order valence-electron chi connectivity index (χ2n) is 11.6. The van der Waals surface area contributed by atoms with E-state index < -0.39 is 17.2 Å². The molecule has 1 saturated heterocycles. The van der Waals surface area contributed by atoms with Gasteiger partial charge in [-0.3, -0.25) is 4.79 Å². The smallest absolute Gasteiger partial charge is 0.348 e. The van der Waals surface area contributed by atoms with Crippen molar-refractivity contribution >= 4 is 28.9 Å². The zero-order valence-corrected chi connectivity index (χ0v) is 22.2. The topological polar surface area (TPSA) is 87.1 Å². The monoisotopic (exact) mass is 489 g/mol. The van der Waals surface area contributed by atoms with Gasteiger partial charge < -0.3 is 19.8 Å². The van der Waals surface area contributed by atoms with Crippen LogP contribution in [0.2, 0.25) is 0 Å². The number of morpholine rings is 1. The van der Waals surface area contributed by atoms with Crippen LogP contribution in [0.3, 0.4) is 0 Å². The van der Waals surface area contributed by atoms with E-state index in [0.29, 0.717) is 30.0 Å². The molecule has 0 bridgehead atoms. The summed E-state index contributed by atoms with van der Waals surface area (Å²) in [5.41, 5.74) is -1.85. The van der Waals surface area contributed by atoms with Gasteiger partial charge in [-0.15, -0.1) is 11.3 Å². The van der Waals surface area contributed by atoms with Crippen molar-refractivity contribution < 1.29 is 24.5 Å². The van der Waals surface area contributed by atoms with Gasteiger partial charge in [0.25, 0.3) is 5.91 Å². The Morgan fingerprint density at radius 2 is 1.88 bits per heavy atom. The van der Waals surface area contributed by atoms with Crippen molar-refractivity contribution in [1.29, 1.82) is 0 Å². The highest BCUT2D eigenvalue weighted by Crippen LogP contribution is 2.42. The summed E-state index contributed by atoms with van der Waals surface area (Å²) in [6, 6.07) is 1.56. The fraction of sp³-hybridized carbons (Fsp3) is 0.704. The molecule has 0 aromatic carbocycles. The lowest BCUT2D eigenvalue weighted by Gasteiger charge is -2.48. The molecule has 188 valence electrons. The average Bonchev–Trinajstić information content (AvgIpc) is 3.17. The van der Waals surface area contributed by atoms with Crippen LogP contribution in [0.4, 0.5) is 5.69 Å². The molecular formula is C27H39NO5S. The molecule has 2 fully saturated rings. The van der Waals surface area contributed by atoms with Crippen LogP contribution in [0.15, 0.2) is 6.07 Å². The van der Waals surface area contributed by atoms with Gasteiger partial charge in [0.05, 0.1) is 28.8 Å². The van der Waals surface area contributed by atoms with Crippen molar-refractivity contribution in [3.8, 4) is 11.8 Å². The number of carbonyl (C=O) groups excluding carboxylic acids is 1. The molecule has 2 N–H and O–H groups in total. The molecule has 34 heavy (non-hydrogen) atoms. The highest BCUT2D eigenvalue weighted by atomic mass is 32.1. The van der Waals surface area contributed by atoms with Gasteiger partial charge in [-0.05, 0) is 79.2 Å². The van der Waals surface area contributed by atoms with Crippen molar-refractivity contribution in [2.75, 3.05) is 11.5 Å². The van der Waals surface area contributed by atoms with Gasteiger partial charge in [0, 0.05) is 5.41 Å². The number of amides is 1.